The lowest BCUT2D eigenvalue weighted by Crippen LogP contribution is -2.39. The van der Waals surface area contributed by atoms with Gasteiger partial charge < -0.3 is 19.9 Å². The van der Waals surface area contributed by atoms with Crippen molar-refractivity contribution in [3.05, 3.63) is 42.0 Å². The van der Waals surface area contributed by atoms with Crippen LogP contribution in [0.25, 0.3) is 0 Å². The zero-order valence-corrected chi connectivity index (χ0v) is 17.9. The summed E-state index contributed by atoms with van der Waals surface area (Å²) in [6.07, 6.45) is 1.64. The van der Waals surface area contributed by atoms with Crippen LogP contribution in [0.1, 0.15) is 37.9 Å². The second-order valence-electron chi connectivity index (χ2n) is 5.89. The van der Waals surface area contributed by atoms with Crippen molar-refractivity contribution in [2.24, 2.45) is 4.99 Å². The molecule has 0 bridgehead atoms. The Morgan fingerprint density at radius 2 is 1.92 bits per heavy atom. The van der Waals surface area contributed by atoms with Crippen LogP contribution >= 0.6 is 24.0 Å². The molecule has 0 aliphatic carbocycles. The van der Waals surface area contributed by atoms with Gasteiger partial charge in [-0.15, -0.1) is 24.0 Å². The lowest BCUT2D eigenvalue weighted by atomic mass is 10.2. The molecule has 0 saturated heterocycles. The molecule has 0 fully saturated rings. The molecular weight excluding hydrogens is 445 g/mol. The van der Waals surface area contributed by atoms with Crippen molar-refractivity contribution in [3.63, 3.8) is 0 Å². The Kier molecular flexibility index (Phi) is 10.7. The van der Waals surface area contributed by atoms with Gasteiger partial charge in [-0.1, -0.05) is 37.2 Å². The summed E-state index contributed by atoms with van der Waals surface area (Å²) >= 11 is 0. The Morgan fingerprint density at radius 1 is 1.19 bits per heavy atom. The first-order valence-electron chi connectivity index (χ1n) is 8.64. The maximum atomic E-state index is 5.63. The monoisotopic (exact) mass is 473 g/mol. The number of aryl methyl sites for hydroxylation is 1. The quantitative estimate of drug-likeness (QED) is 0.252. The number of aliphatic imine (C=N–C) groups is 1. The molecule has 2 rings (SSSR count). The minimum Gasteiger partial charge on any atom is -0.492 e. The first kappa shape index (κ1) is 22.2. The number of ether oxygens (including phenoxy) is 1. The van der Waals surface area contributed by atoms with Crippen LogP contribution in [0.3, 0.4) is 0 Å². The molecule has 2 N–H and O–H groups in total. The average molecular weight is 473 g/mol. The normalized spacial score (nSPS) is 11.2. The lowest BCUT2D eigenvalue weighted by molar-refractivity contribution is 0.322. The van der Waals surface area contributed by atoms with Crippen LogP contribution in [0.15, 0.2) is 39.8 Å². The van der Waals surface area contributed by atoms with E-state index in [1.807, 2.05) is 44.2 Å². The highest BCUT2D eigenvalue weighted by Crippen LogP contribution is 2.10. The van der Waals surface area contributed by atoms with E-state index in [1.165, 1.54) is 0 Å². The van der Waals surface area contributed by atoms with Crippen LogP contribution in [0.2, 0.25) is 0 Å². The van der Waals surface area contributed by atoms with Crippen molar-refractivity contribution in [2.45, 2.75) is 32.6 Å². The number of nitrogens with one attached hydrogen (secondary N) is 2. The molecule has 1 aromatic carbocycles. The third kappa shape index (κ3) is 8.03. The van der Waals surface area contributed by atoms with E-state index >= 15 is 0 Å². The Balaban J connectivity index is 0.00000338. The summed E-state index contributed by atoms with van der Waals surface area (Å²) in [6.45, 7) is 6.12. The van der Waals surface area contributed by atoms with Gasteiger partial charge in [-0.3, -0.25) is 4.99 Å². The predicted molar refractivity (Wildman–Crippen MR) is 113 cm³/mol. The predicted octanol–water partition coefficient (Wildman–Crippen LogP) is 2.99. The molecule has 7 nitrogen and oxygen atoms in total. The molecule has 1 aromatic heterocycles. The first-order chi connectivity index (χ1) is 12.2. The third-order valence-electron chi connectivity index (χ3n) is 3.49. The molecule has 0 aliphatic heterocycles. The van der Waals surface area contributed by atoms with E-state index in [1.54, 1.807) is 7.05 Å². The second-order valence-corrected chi connectivity index (χ2v) is 5.89. The standard InChI is InChI=1S/C18H27N5O2.HI/c1-14(2)17-22-16(25-23-17)10-7-11-20-18(19-3)21-12-13-24-15-8-5-4-6-9-15;/h4-6,8-9,14H,7,10-13H2,1-3H3,(H2,19,20,21);1H. The second kappa shape index (κ2) is 12.5. The van der Waals surface area contributed by atoms with E-state index in [0.717, 1.165) is 36.9 Å². The van der Waals surface area contributed by atoms with Crippen LogP contribution < -0.4 is 15.4 Å². The Hall–Kier alpha value is -1.84. The fraction of sp³-hybridized carbons (Fsp3) is 0.500. The molecule has 1 heterocycles. The molecule has 0 unspecified atom stereocenters. The van der Waals surface area contributed by atoms with Crippen LogP contribution in [-0.4, -0.2) is 42.8 Å². The molecule has 0 aliphatic rings. The Morgan fingerprint density at radius 3 is 2.58 bits per heavy atom. The van der Waals surface area contributed by atoms with Gasteiger partial charge in [-0.05, 0) is 18.6 Å². The summed E-state index contributed by atoms with van der Waals surface area (Å²) in [6, 6.07) is 9.76. The van der Waals surface area contributed by atoms with E-state index in [9.17, 15) is 0 Å². The van der Waals surface area contributed by atoms with Gasteiger partial charge in [0.15, 0.2) is 11.8 Å². The summed E-state index contributed by atoms with van der Waals surface area (Å²) in [7, 11) is 1.75. The van der Waals surface area contributed by atoms with Gasteiger partial charge in [0.2, 0.25) is 5.89 Å². The van der Waals surface area contributed by atoms with Crippen molar-refractivity contribution in [1.82, 2.24) is 20.8 Å². The summed E-state index contributed by atoms with van der Waals surface area (Å²) < 4.78 is 10.9. The molecular formula is C18H28IN5O2. The van der Waals surface area contributed by atoms with Gasteiger partial charge >= 0.3 is 0 Å². The minimum atomic E-state index is 0. The number of hydrogen-bond acceptors (Lipinski definition) is 5. The van der Waals surface area contributed by atoms with Crippen molar-refractivity contribution >= 4 is 29.9 Å². The van der Waals surface area contributed by atoms with E-state index in [0.29, 0.717) is 19.0 Å². The van der Waals surface area contributed by atoms with E-state index in [2.05, 4.69) is 25.8 Å². The highest BCUT2D eigenvalue weighted by atomic mass is 127. The van der Waals surface area contributed by atoms with Crippen molar-refractivity contribution in [1.29, 1.82) is 0 Å². The molecule has 144 valence electrons. The Labute approximate surface area is 172 Å². The first-order valence-corrected chi connectivity index (χ1v) is 8.64. The SMILES string of the molecule is CN=C(NCCCc1nc(C(C)C)no1)NCCOc1ccccc1.I. The number of rotatable bonds is 9. The molecule has 2 aromatic rings. The third-order valence-corrected chi connectivity index (χ3v) is 3.49. The number of para-hydroxylation sites is 1. The van der Waals surface area contributed by atoms with Gasteiger partial charge in [0.05, 0.1) is 6.54 Å². The molecule has 0 radical (unpaired) electrons. The van der Waals surface area contributed by atoms with Crippen LogP contribution in [0, 0.1) is 0 Å². The van der Waals surface area contributed by atoms with Gasteiger partial charge in [0.1, 0.15) is 12.4 Å². The fourth-order valence-electron chi connectivity index (χ4n) is 2.13. The topological polar surface area (TPSA) is 84.6 Å². The minimum absolute atomic E-state index is 0. The van der Waals surface area contributed by atoms with Gasteiger partial charge in [-0.2, -0.15) is 4.98 Å². The number of halogens is 1. The maximum absolute atomic E-state index is 5.63. The van der Waals surface area contributed by atoms with Crippen molar-refractivity contribution in [2.75, 3.05) is 26.7 Å². The van der Waals surface area contributed by atoms with Crippen LogP contribution in [0.4, 0.5) is 0 Å². The summed E-state index contributed by atoms with van der Waals surface area (Å²) in [5, 5.41) is 10.4. The lowest BCUT2D eigenvalue weighted by Gasteiger charge is -2.12. The number of guanidine groups is 1. The molecule has 0 saturated carbocycles. The number of aromatic nitrogens is 2. The smallest absolute Gasteiger partial charge is 0.226 e. The average Bonchev–Trinajstić information content (AvgIpc) is 3.10. The molecule has 0 spiro atoms. The van der Waals surface area contributed by atoms with E-state index in [4.69, 9.17) is 9.26 Å². The zero-order chi connectivity index (χ0) is 17.9. The number of nitrogens with zero attached hydrogens (tertiary/aromatic N) is 3. The summed E-state index contributed by atoms with van der Waals surface area (Å²) in [5.41, 5.74) is 0. The van der Waals surface area contributed by atoms with Gasteiger partial charge in [0, 0.05) is 25.9 Å². The fourth-order valence-corrected chi connectivity index (χ4v) is 2.13. The van der Waals surface area contributed by atoms with E-state index < -0.39 is 0 Å². The van der Waals surface area contributed by atoms with Gasteiger partial charge in [-0.25, -0.2) is 0 Å². The van der Waals surface area contributed by atoms with Crippen molar-refractivity contribution in [3.8, 4) is 5.75 Å². The summed E-state index contributed by atoms with van der Waals surface area (Å²) in [5.74, 6) is 3.36. The zero-order valence-electron chi connectivity index (χ0n) is 15.6. The molecule has 0 atom stereocenters. The molecule has 0 amide bonds. The number of hydrogen-bond donors (Lipinski definition) is 2. The molecule has 26 heavy (non-hydrogen) atoms. The maximum Gasteiger partial charge on any atom is 0.226 e. The van der Waals surface area contributed by atoms with Crippen molar-refractivity contribution < 1.29 is 9.26 Å². The highest BCUT2D eigenvalue weighted by molar-refractivity contribution is 14.0. The van der Waals surface area contributed by atoms with Gasteiger partial charge in [0.25, 0.3) is 0 Å². The number of benzene rings is 1. The Bertz CT molecular complexity index is 646. The molecule has 8 heteroatoms. The highest BCUT2D eigenvalue weighted by Gasteiger charge is 2.09. The van der Waals surface area contributed by atoms with E-state index in [-0.39, 0.29) is 29.9 Å². The van der Waals surface area contributed by atoms with Crippen LogP contribution in [0.5, 0.6) is 5.75 Å². The summed E-state index contributed by atoms with van der Waals surface area (Å²) in [4.78, 5) is 8.56. The largest absolute Gasteiger partial charge is 0.492 e. The van der Waals surface area contributed by atoms with Crippen LogP contribution in [-0.2, 0) is 6.42 Å².